The van der Waals surface area contributed by atoms with Gasteiger partial charge in [0.1, 0.15) is 56.5 Å². The summed E-state index contributed by atoms with van der Waals surface area (Å²) < 4.78 is 10.8. The number of nitrogens with zero attached hydrogens (tertiary/aromatic N) is 2. The lowest BCUT2D eigenvalue weighted by molar-refractivity contribution is 0.448. The van der Waals surface area contributed by atoms with Crippen molar-refractivity contribution in [1.82, 2.24) is 0 Å². The van der Waals surface area contributed by atoms with E-state index in [0.717, 1.165) is 0 Å². The van der Waals surface area contributed by atoms with E-state index in [0.29, 0.717) is 17.9 Å². The number of fused-ring (bicyclic) bond motifs is 2. The van der Waals surface area contributed by atoms with Crippen LogP contribution in [0.5, 0.6) is 23.0 Å². The molecule has 35 heavy (non-hydrogen) atoms. The molecule has 0 fully saturated rings. The number of aliphatic imine (C=N–C) groups is 2. The number of benzene rings is 2. The summed E-state index contributed by atoms with van der Waals surface area (Å²) in [5.41, 5.74) is -0.722. The van der Waals surface area contributed by atoms with E-state index in [9.17, 15) is 30.0 Å². The quantitative estimate of drug-likeness (QED) is 0.242. The van der Waals surface area contributed by atoms with Crippen LogP contribution in [0.25, 0.3) is 21.9 Å². The molecule has 0 spiro atoms. The van der Waals surface area contributed by atoms with Gasteiger partial charge >= 0.3 is 0 Å². The Morgan fingerprint density at radius 2 is 1.11 bits per heavy atom. The normalized spacial score (nSPS) is 11.9. The van der Waals surface area contributed by atoms with Crippen LogP contribution in [-0.2, 0) is 0 Å². The lowest BCUT2D eigenvalue weighted by Gasteiger charge is -2.07. The van der Waals surface area contributed by atoms with Crippen LogP contribution in [0, 0.1) is 13.8 Å². The van der Waals surface area contributed by atoms with Crippen LogP contribution in [0.1, 0.15) is 29.1 Å². The van der Waals surface area contributed by atoms with E-state index >= 15 is 0 Å². The molecule has 0 saturated heterocycles. The smallest absolute Gasteiger partial charge is 0.196 e. The Kier molecular flexibility index (Phi) is 6.28. The van der Waals surface area contributed by atoms with Crippen molar-refractivity contribution >= 4 is 34.4 Å². The molecule has 0 radical (unpaired) electrons. The highest BCUT2D eigenvalue weighted by Gasteiger charge is 2.16. The van der Waals surface area contributed by atoms with Gasteiger partial charge in [0.05, 0.1) is 11.1 Å². The van der Waals surface area contributed by atoms with E-state index in [-0.39, 0.29) is 57.7 Å². The molecular formula is C25H22N2O8. The summed E-state index contributed by atoms with van der Waals surface area (Å²) in [7, 11) is 0. The maximum atomic E-state index is 12.2. The predicted octanol–water partition coefficient (Wildman–Crippen LogP) is 3.27. The van der Waals surface area contributed by atoms with Crippen molar-refractivity contribution in [2.45, 2.75) is 20.3 Å². The van der Waals surface area contributed by atoms with Gasteiger partial charge in [-0.15, -0.1) is 0 Å². The standard InChI is InChI=1S/C25H22N2O8/c1-12-6-18(30)22-20(34-12)8-16(28)14(24(22)32)10-26-4-3-5-27-11-15-17(29)9-21-23(25(15)33)19(31)7-13(2)35-21/h6-11,28-29,32-33H,3-5H2,1-2H3. The highest BCUT2D eigenvalue weighted by atomic mass is 16.3. The number of aromatic hydroxyl groups is 4. The van der Waals surface area contributed by atoms with Gasteiger partial charge in [-0.05, 0) is 20.3 Å². The monoisotopic (exact) mass is 478 g/mol. The number of phenols is 4. The third-order valence-electron chi connectivity index (χ3n) is 5.28. The molecule has 10 heteroatoms. The van der Waals surface area contributed by atoms with Gasteiger partial charge in [-0.3, -0.25) is 19.6 Å². The average molecular weight is 478 g/mol. The molecule has 0 amide bonds. The summed E-state index contributed by atoms with van der Waals surface area (Å²) in [6, 6.07) is 4.99. The van der Waals surface area contributed by atoms with Crippen LogP contribution in [-0.4, -0.2) is 45.9 Å². The van der Waals surface area contributed by atoms with Crippen molar-refractivity contribution in [2.24, 2.45) is 9.98 Å². The van der Waals surface area contributed by atoms with Crippen molar-refractivity contribution in [1.29, 1.82) is 0 Å². The first-order valence-electron chi connectivity index (χ1n) is 10.7. The van der Waals surface area contributed by atoms with Crippen LogP contribution in [0.3, 0.4) is 0 Å². The summed E-state index contributed by atoms with van der Waals surface area (Å²) in [5, 5.41) is 41.1. The molecular weight excluding hydrogens is 456 g/mol. The first kappa shape index (κ1) is 23.6. The topological polar surface area (TPSA) is 166 Å². The Morgan fingerprint density at radius 1 is 0.714 bits per heavy atom. The molecule has 0 saturated carbocycles. The second-order valence-corrected chi connectivity index (χ2v) is 7.93. The van der Waals surface area contributed by atoms with Gasteiger partial charge in [-0.1, -0.05) is 0 Å². The van der Waals surface area contributed by atoms with Gasteiger partial charge in [0.2, 0.25) is 0 Å². The van der Waals surface area contributed by atoms with Gasteiger partial charge in [0.15, 0.2) is 10.9 Å². The van der Waals surface area contributed by atoms with Gasteiger partial charge in [-0.2, -0.15) is 0 Å². The average Bonchev–Trinajstić information content (AvgIpc) is 2.75. The molecule has 0 bridgehead atoms. The van der Waals surface area contributed by atoms with E-state index in [4.69, 9.17) is 8.83 Å². The summed E-state index contributed by atoms with van der Waals surface area (Å²) in [6.07, 6.45) is 2.98. The Hall–Kier alpha value is -4.60. The fourth-order valence-electron chi connectivity index (χ4n) is 3.67. The lowest BCUT2D eigenvalue weighted by atomic mass is 10.1. The zero-order valence-corrected chi connectivity index (χ0v) is 18.9. The van der Waals surface area contributed by atoms with E-state index < -0.39 is 22.4 Å². The highest BCUT2D eigenvalue weighted by Crippen LogP contribution is 2.34. The predicted molar refractivity (Wildman–Crippen MR) is 131 cm³/mol. The maximum Gasteiger partial charge on any atom is 0.196 e. The van der Waals surface area contributed by atoms with Gasteiger partial charge in [0, 0.05) is 49.8 Å². The fourth-order valence-corrected chi connectivity index (χ4v) is 3.67. The van der Waals surface area contributed by atoms with Crippen LogP contribution >= 0.6 is 0 Å². The molecule has 0 atom stereocenters. The first-order valence-corrected chi connectivity index (χ1v) is 10.7. The highest BCUT2D eigenvalue weighted by molar-refractivity contribution is 5.98. The van der Waals surface area contributed by atoms with E-state index in [1.54, 1.807) is 13.8 Å². The molecule has 10 nitrogen and oxygen atoms in total. The van der Waals surface area contributed by atoms with Crippen LogP contribution in [0.15, 0.2) is 52.7 Å². The molecule has 4 aromatic rings. The van der Waals surface area contributed by atoms with Crippen molar-refractivity contribution in [3.05, 3.63) is 67.4 Å². The molecule has 4 rings (SSSR count). The minimum absolute atomic E-state index is 0.00256. The summed E-state index contributed by atoms with van der Waals surface area (Å²) in [4.78, 5) is 32.7. The molecule has 2 heterocycles. The third-order valence-corrected chi connectivity index (χ3v) is 5.28. The van der Waals surface area contributed by atoms with Crippen LogP contribution in [0.4, 0.5) is 0 Å². The molecule has 180 valence electrons. The van der Waals surface area contributed by atoms with Gasteiger partial charge in [0.25, 0.3) is 0 Å². The van der Waals surface area contributed by atoms with Crippen molar-refractivity contribution < 1.29 is 29.3 Å². The van der Waals surface area contributed by atoms with E-state index in [1.165, 1.54) is 36.7 Å². The molecule has 4 N–H and O–H groups in total. The summed E-state index contributed by atoms with van der Waals surface area (Å²) in [6.45, 7) is 3.73. The second kappa shape index (κ2) is 9.34. The fraction of sp³-hybridized carbons (Fsp3) is 0.200. The zero-order valence-electron chi connectivity index (χ0n) is 18.9. The Labute approximate surface area is 197 Å². The van der Waals surface area contributed by atoms with Crippen LogP contribution < -0.4 is 10.9 Å². The summed E-state index contributed by atoms with van der Waals surface area (Å²) >= 11 is 0. The van der Waals surface area contributed by atoms with Gasteiger partial charge < -0.3 is 29.3 Å². The lowest BCUT2D eigenvalue weighted by Crippen LogP contribution is -2.02. The number of phenolic OH excluding ortho intramolecular Hbond substituents is 4. The first-order chi connectivity index (χ1) is 16.7. The van der Waals surface area contributed by atoms with Crippen LogP contribution in [0.2, 0.25) is 0 Å². The van der Waals surface area contributed by atoms with Crippen molar-refractivity contribution in [3.63, 3.8) is 0 Å². The maximum absolute atomic E-state index is 12.2. The van der Waals surface area contributed by atoms with E-state index in [2.05, 4.69) is 9.98 Å². The number of aryl methyl sites for hydroxylation is 2. The Balaban J connectivity index is 1.45. The van der Waals surface area contributed by atoms with E-state index in [1.807, 2.05) is 0 Å². The zero-order chi connectivity index (χ0) is 25.3. The van der Waals surface area contributed by atoms with Gasteiger partial charge in [-0.25, -0.2) is 0 Å². The SMILES string of the molecule is Cc1cc(=O)c2c(O)c(C=NCCCN=Cc3c(O)cc4oc(C)cc(=O)c4c3O)c(O)cc2o1. The molecule has 0 aliphatic heterocycles. The largest absolute Gasteiger partial charge is 0.507 e. The molecule has 0 aliphatic carbocycles. The second-order valence-electron chi connectivity index (χ2n) is 7.93. The number of hydrogen-bond donors (Lipinski definition) is 4. The molecule has 0 unspecified atom stereocenters. The number of rotatable bonds is 6. The molecule has 2 aromatic carbocycles. The summed E-state index contributed by atoms with van der Waals surface area (Å²) in [5.74, 6) is -0.700. The minimum atomic E-state index is -0.432. The molecule has 0 aliphatic rings. The minimum Gasteiger partial charge on any atom is -0.507 e. The number of hydrogen-bond acceptors (Lipinski definition) is 10. The van der Waals surface area contributed by atoms with Crippen molar-refractivity contribution in [2.75, 3.05) is 13.1 Å². The Morgan fingerprint density at radius 3 is 1.51 bits per heavy atom. The molecule has 2 aromatic heterocycles. The third kappa shape index (κ3) is 4.58. The van der Waals surface area contributed by atoms with Crippen molar-refractivity contribution in [3.8, 4) is 23.0 Å². The Bertz CT molecular complexity index is 1510.